The highest BCUT2D eigenvalue weighted by atomic mass is 35.5. The molecule has 2 heterocycles. The zero-order valence-corrected chi connectivity index (χ0v) is 10.9. The molecule has 2 N–H and O–H groups in total. The van der Waals surface area contributed by atoms with Crippen LogP contribution in [0.4, 0.5) is 0 Å². The molecule has 0 aliphatic heterocycles. The Hall–Kier alpha value is -1.44. The van der Waals surface area contributed by atoms with Crippen molar-refractivity contribution in [2.24, 2.45) is 0 Å². The van der Waals surface area contributed by atoms with Crippen LogP contribution in [0.1, 0.15) is 15.4 Å². The molecule has 2 aromatic heterocycles. The first-order chi connectivity index (χ1) is 8.65. The highest BCUT2D eigenvalue weighted by Crippen LogP contribution is 2.20. The summed E-state index contributed by atoms with van der Waals surface area (Å²) < 4.78 is 2.27. The third-order valence-corrected chi connectivity index (χ3v) is 3.43. The molecule has 0 amide bonds. The summed E-state index contributed by atoms with van der Waals surface area (Å²) in [4.78, 5) is 11.7. The molecule has 0 aliphatic rings. The highest BCUT2D eigenvalue weighted by Gasteiger charge is 2.07. The third-order valence-electron chi connectivity index (χ3n) is 2.20. The van der Waals surface area contributed by atoms with Gasteiger partial charge in [-0.2, -0.15) is 0 Å². The number of carboxylic acid groups (broad SMARTS) is 1. The van der Waals surface area contributed by atoms with Crippen molar-refractivity contribution < 1.29 is 9.90 Å². The first kappa shape index (κ1) is 13.0. The Morgan fingerprint density at radius 3 is 3.00 bits per heavy atom. The maximum absolute atomic E-state index is 10.6. The van der Waals surface area contributed by atoms with Gasteiger partial charge in [-0.3, -0.25) is 4.68 Å². The molecule has 0 saturated carbocycles. The molecule has 0 unspecified atom stereocenters. The van der Waals surface area contributed by atoms with Crippen LogP contribution in [-0.2, 0) is 13.1 Å². The summed E-state index contributed by atoms with van der Waals surface area (Å²) in [6, 6.07) is 3.83. The van der Waals surface area contributed by atoms with E-state index < -0.39 is 5.97 Å². The predicted octanol–water partition coefficient (Wildman–Crippen LogP) is 1.48. The van der Waals surface area contributed by atoms with Crippen molar-refractivity contribution in [3.8, 4) is 0 Å². The van der Waals surface area contributed by atoms with E-state index in [1.807, 2.05) is 12.1 Å². The molecule has 2 aromatic rings. The Labute approximate surface area is 112 Å². The van der Waals surface area contributed by atoms with Crippen molar-refractivity contribution in [1.82, 2.24) is 20.3 Å². The van der Waals surface area contributed by atoms with Gasteiger partial charge in [-0.1, -0.05) is 16.8 Å². The molecule has 0 spiro atoms. The van der Waals surface area contributed by atoms with Gasteiger partial charge in [0.2, 0.25) is 0 Å². The minimum atomic E-state index is -1.07. The van der Waals surface area contributed by atoms with Crippen LogP contribution in [0.15, 0.2) is 18.3 Å². The summed E-state index contributed by atoms with van der Waals surface area (Å²) in [5.41, 5.74) is -0.0416. The van der Waals surface area contributed by atoms with Crippen LogP contribution in [0.2, 0.25) is 4.34 Å². The van der Waals surface area contributed by atoms with Crippen molar-refractivity contribution in [2.45, 2.75) is 13.1 Å². The lowest BCUT2D eigenvalue weighted by Gasteiger charge is -2.02. The summed E-state index contributed by atoms with van der Waals surface area (Å²) in [6.07, 6.45) is 1.41. The molecule has 0 bridgehead atoms. The largest absolute Gasteiger partial charge is 0.476 e. The van der Waals surface area contributed by atoms with Crippen LogP contribution in [0, 0.1) is 0 Å². The van der Waals surface area contributed by atoms with E-state index in [0.29, 0.717) is 13.1 Å². The van der Waals surface area contributed by atoms with Crippen LogP contribution in [0.25, 0.3) is 0 Å². The minimum Gasteiger partial charge on any atom is -0.476 e. The lowest BCUT2D eigenvalue weighted by Crippen LogP contribution is -2.19. The summed E-state index contributed by atoms with van der Waals surface area (Å²) in [7, 11) is 0. The number of carbonyl (C=O) groups is 1. The Morgan fingerprint density at radius 1 is 1.56 bits per heavy atom. The smallest absolute Gasteiger partial charge is 0.358 e. The Morgan fingerprint density at radius 2 is 2.39 bits per heavy atom. The van der Waals surface area contributed by atoms with E-state index in [4.69, 9.17) is 16.7 Å². The van der Waals surface area contributed by atoms with Gasteiger partial charge in [-0.25, -0.2) is 4.79 Å². The number of nitrogens with zero attached hydrogens (tertiary/aromatic N) is 3. The van der Waals surface area contributed by atoms with E-state index in [-0.39, 0.29) is 5.69 Å². The Kier molecular flexibility index (Phi) is 4.29. The maximum Gasteiger partial charge on any atom is 0.358 e. The van der Waals surface area contributed by atoms with E-state index in [1.165, 1.54) is 22.2 Å². The molecule has 6 nitrogen and oxygen atoms in total. The molecule has 0 radical (unpaired) electrons. The fourth-order valence-corrected chi connectivity index (χ4v) is 2.41. The quantitative estimate of drug-likeness (QED) is 0.786. The van der Waals surface area contributed by atoms with Gasteiger partial charge in [-0.15, -0.1) is 16.4 Å². The van der Waals surface area contributed by atoms with Crippen LogP contribution < -0.4 is 5.32 Å². The molecule has 0 saturated heterocycles. The molecular weight excluding hydrogens is 276 g/mol. The van der Waals surface area contributed by atoms with E-state index in [2.05, 4.69) is 15.6 Å². The fraction of sp³-hybridized carbons (Fsp3) is 0.300. The van der Waals surface area contributed by atoms with Crippen molar-refractivity contribution in [2.75, 3.05) is 6.54 Å². The van der Waals surface area contributed by atoms with E-state index in [1.54, 1.807) is 0 Å². The SMILES string of the molecule is O=C(O)c1cn(CCNCc2ccc(Cl)s2)nn1. The summed E-state index contributed by atoms with van der Waals surface area (Å²) in [6.45, 7) is 1.98. The normalized spacial score (nSPS) is 10.7. The third kappa shape index (κ3) is 3.52. The zero-order valence-electron chi connectivity index (χ0n) is 9.34. The van der Waals surface area contributed by atoms with Gasteiger partial charge in [0.05, 0.1) is 17.1 Å². The average molecular weight is 287 g/mol. The second-order valence-electron chi connectivity index (χ2n) is 3.55. The summed E-state index contributed by atoms with van der Waals surface area (Å²) in [5.74, 6) is -1.07. The number of carboxylic acids is 1. The van der Waals surface area contributed by atoms with E-state index >= 15 is 0 Å². The highest BCUT2D eigenvalue weighted by molar-refractivity contribution is 7.16. The first-order valence-electron chi connectivity index (χ1n) is 5.23. The number of aromatic nitrogens is 3. The molecule has 0 atom stereocenters. The van der Waals surface area contributed by atoms with E-state index in [0.717, 1.165) is 15.8 Å². The number of hydrogen-bond donors (Lipinski definition) is 2. The monoisotopic (exact) mass is 286 g/mol. The number of thiophene rings is 1. The molecule has 2 rings (SSSR count). The number of aromatic carboxylic acids is 1. The molecule has 96 valence electrons. The van der Waals surface area contributed by atoms with Gasteiger partial charge in [0.15, 0.2) is 5.69 Å². The van der Waals surface area contributed by atoms with Crippen LogP contribution in [0.5, 0.6) is 0 Å². The zero-order chi connectivity index (χ0) is 13.0. The molecule has 0 aromatic carbocycles. The lowest BCUT2D eigenvalue weighted by atomic mass is 10.4. The van der Waals surface area contributed by atoms with Crippen molar-refractivity contribution in [1.29, 1.82) is 0 Å². The van der Waals surface area contributed by atoms with Gasteiger partial charge in [0.25, 0.3) is 0 Å². The molecule has 0 fully saturated rings. The number of hydrogen-bond acceptors (Lipinski definition) is 5. The van der Waals surface area contributed by atoms with Gasteiger partial charge in [-0.05, 0) is 12.1 Å². The second-order valence-corrected chi connectivity index (χ2v) is 5.35. The standard InChI is InChI=1S/C10H11ClN4O2S/c11-9-2-1-7(18-9)5-12-3-4-15-6-8(10(16)17)13-14-15/h1-2,6,12H,3-5H2,(H,16,17). The Balaban J connectivity index is 1.73. The number of halogens is 1. The Bertz CT molecular complexity index is 539. The van der Waals surface area contributed by atoms with Crippen LogP contribution >= 0.6 is 22.9 Å². The second kappa shape index (κ2) is 5.94. The maximum atomic E-state index is 10.6. The van der Waals surface area contributed by atoms with Gasteiger partial charge in [0, 0.05) is 18.0 Å². The van der Waals surface area contributed by atoms with Crippen LogP contribution in [-0.4, -0.2) is 32.6 Å². The molecule has 0 aliphatic carbocycles. The van der Waals surface area contributed by atoms with Crippen LogP contribution in [0.3, 0.4) is 0 Å². The predicted molar refractivity (Wildman–Crippen MR) is 68.0 cm³/mol. The van der Waals surface area contributed by atoms with Gasteiger partial charge < -0.3 is 10.4 Å². The summed E-state index contributed by atoms with van der Waals surface area (Å²) >= 11 is 7.35. The first-order valence-corrected chi connectivity index (χ1v) is 6.43. The topological polar surface area (TPSA) is 80.0 Å². The molecule has 8 heteroatoms. The fourth-order valence-electron chi connectivity index (χ4n) is 1.36. The minimum absolute atomic E-state index is 0.0416. The average Bonchev–Trinajstić information content (AvgIpc) is 2.93. The van der Waals surface area contributed by atoms with Gasteiger partial charge in [0.1, 0.15) is 0 Å². The van der Waals surface area contributed by atoms with Crippen molar-refractivity contribution in [3.05, 3.63) is 33.2 Å². The van der Waals surface area contributed by atoms with Crippen molar-refractivity contribution >= 4 is 28.9 Å². The van der Waals surface area contributed by atoms with Gasteiger partial charge >= 0.3 is 5.97 Å². The number of rotatable bonds is 6. The lowest BCUT2D eigenvalue weighted by molar-refractivity contribution is 0.0690. The molecular formula is C10H11ClN4O2S. The van der Waals surface area contributed by atoms with E-state index in [9.17, 15) is 4.79 Å². The van der Waals surface area contributed by atoms with Crippen molar-refractivity contribution in [3.63, 3.8) is 0 Å². The summed E-state index contributed by atoms with van der Waals surface area (Å²) in [5, 5.41) is 19.1. The number of nitrogens with one attached hydrogen (secondary N) is 1. The molecule has 18 heavy (non-hydrogen) atoms.